The number of anilines is 1. The Morgan fingerprint density at radius 2 is 2.19 bits per heavy atom. The molecule has 0 aliphatic carbocycles. The van der Waals surface area contributed by atoms with Crippen LogP contribution in [0.2, 0.25) is 0 Å². The van der Waals surface area contributed by atoms with Gasteiger partial charge in [-0.15, -0.1) is 0 Å². The van der Waals surface area contributed by atoms with Crippen molar-refractivity contribution in [1.82, 2.24) is 15.2 Å². The van der Waals surface area contributed by atoms with E-state index in [0.717, 1.165) is 30.5 Å². The Morgan fingerprint density at radius 3 is 2.95 bits per heavy atom. The highest BCUT2D eigenvalue weighted by molar-refractivity contribution is 6.07. The molecule has 5 heteroatoms. The Kier molecular flexibility index (Phi) is 3.84. The Bertz CT molecular complexity index is 643. The number of fused-ring (bicyclic) bond motifs is 1. The average Bonchev–Trinajstić information content (AvgIpc) is 3.06. The Balaban J connectivity index is 1.68. The summed E-state index contributed by atoms with van der Waals surface area (Å²) >= 11 is 0. The summed E-state index contributed by atoms with van der Waals surface area (Å²) in [5, 5.41) is 4.00. The van der Waals surface area contributed by atoms with E-state index in [1.54, 1.807) is 6.20 Å². The molecule has 1 fully saturated rings. The van der Waals surface area contributed by atoms with Crippen LogP contribution >= 0.6 is 0 Å². The van der Waals surface area contributed by atoms with E-state index in [4.69, 9.17) is 5.73 Å². The molecule has 0 saturated carbocycles. The van der Waals surface area contributed by atoms with Crippen LogP contribution in [0.5, 0.6) is 0 Å². The summed E-state index contributed by atoms with van der Waals surface area (Å²) in [6.07, 6.45) is 4.29. The second-order valence-electron chi connectivity index (χ2n) is 5.89. The van der Waals surface area contributed by atoms with Crippen molar-refractivity contribution in [3.63, 3.8) is 0 Å². The number of amides is 1. The minimum Gasteiger partial charge on any atom is -0.399 e. The van der Waals surface area contributed by atoms with Crippen LogP contribution in [0.25, 0.3) is 10.9 Å². The highest BCUT2D eigenvalue weighted by Crippen LogP contribution is 2.20. The van der Waals surface area contributed by atoms with Gasteiger partial charge in [-0.2, -0.15) is 0 Å². The summed E-state index contributed by atoms with van der Waals surface area (Å²) < 4.78 is 0. The number of carbonyl (C=O) groups is 1. The first-order valence-electron chi connectivity index (χ1n) is 7.53. The number of rotatable bonds is 4. The fraction of sp³-hybridized carbons (Fsp3) is 0.438. The summed E-state index contributed by atoms with van der Waals surface area (Å²) in [6, 6.07) is 5.70. The first-order valence-corrected chi connectivity index (χ1v) is 7.53. The van der Waals surface area contributed by atoms with Gasteiger partial charge in [0.25, 0.3) is 5.91 Å². The Hall–Kier alpha value is -2.01. The van der Waals surface area contributed by atoms with E-state index < -0.39 is 0 Å². The molecule has 1 aromatic heterocycles. The van der Waals surface area contributed by atoms with E-state index in [2.05, 4.69) is 22.1 Å². The lowest BCUT2D eigenvalue weighted by Crippen LogP contribution is -2.41. The molecule has 1 unspecified atom stereocenters. The van der Waals surface area contributed by atoms with Crippen LogP contribution in [0.15, 0.2) is 24.4 Å². The maximum atomic E-state index is 12.4. The molecule has 1 aromatic carbocycles. The molecule has 5 nitrogen and oxygen atoms in total. The predicted molar refractivity (Wildman–Crippen MR) is 85.3 cm³/mol. The average molecular weight is 286 g/mol. The summed E-state index contributed by atoms with van der Waals surface area (Å²) in [6.45, 7) is 5.27. The second kappa shape index (κ2) is 5.77. The molecule has 2 heterocycles. The van der Waals surface area contributed by atoms with Crippen LogP contribution in [0, 0.1) is 0 Å². The molecular formula is C16H22N4O. The van der Waals surface area contributed by atoms with E-state index in [9.17, 15) is 4.79 Å². The molecule has 1 atom stereocenters. The van der Waals surface area contributed by atoms with Gasteiger partial charge in [0.15, 0.2) is 0 Å². The monoisotopic (exact) mass is 286 g/mol. The van der Waals surface area contributed by atoms with Gasteiger partial charge in [-0.1, -0.05) is 0 Å². The number of hydrogen-bond acceptors (Lipinski definition) is 3. The van der Waals surface area contributed by atoms with Gasteiger partial charge in [0, 0.05) is 35.4 Å². The van der Waals surface area contributed by atoms with E-state index in [0.29, 0.717) is 11.3 Å². The fourth-order valence-corrected chi connectivity index (χ4v) is 3.03. The van der Waals surface area contributed by atoms with Crippen LogP contribution in [0.4, 0.5) is 5.69 Å². The van der Waals surface area contributed by atoms with Crippen molar-refractivity contribution in [1.29, 1.82) is 0 Å². The normalized spacial score (nSPS) is 17.2. The van der Waals surface area contributed by atoms with Gasteiger partial charge >= 0.3 is 0 Å². The number of hydrogen-bond donors (Lipinski definition) is 3. The van der Waals surface area contributed by atoms with Crippen LogP contribution in [-0.4, -0.2) is 41.5 Å². The van der Waals surface area contributed by atoms with Gasteiger partial charge in [0.05, 0.1) is 5.56 Å². The molecule has 21 heavy (non-hydrogen) atoms. The Labute approximate surface area is 124 Å². The van der Waals surface area contributed by atoms with Crippen molar-refractivity contribution in [2.75, 3.05) is 25.4 Å². The first-order chi connectivity index (χ1) is 10.1. The lowest BCUT2D eigenvalue weighted by Gasteiger charge is -2.21. The van der Waals surface area contributed by atoms with E-state index in [1.165, 1.54) is 12.8 Å². The van der Waals surface area contributed by atoms with Crippen molar-refractivity contribution >= 4 is 22.5 Å². The molecule has 1 aliphatic heterocycles. The lowest BCUT2D eigenvalue weighted by molar-refractivity contribution is 0.0933. The number of likely N-dealkylation sites (tertiary alicyclic amines) is 1. The number of benzene rings is 1. The van der Waals surface area contributed by atoms with E-state index in [-0.39, 0.29) is 11.9 Å². The summed E-state index contributed by atoms with van der Waals surface area (Å²) in [5.74, 6) is -0.0299. The summed E-state index contributed by atoms with van der Waals surface area (Å²) in [5.41, 5.74) is 8.02. The van der Waals surface area contributed by atoms with Gasteiger partial charge in [0.1, 0.15) is 0 Å². The maximum absolute atomic E-state index is 12.4. The third kappa shape index (κ3) is 3.03. The van der Waals surface area contributed by atoms with Crippen LogP contribution in [0.3, 0.4) is 0 Å². The molecule has 3 rings (SSSR count). The van der Waals surface area contributed by atoms with Crippen molar-refractivity contribution in [2.24, 2.45) is 0 Å². The molecule has 0 spiro atoms. The number of aromatic nitrogens is 1. The molecule has 4 N–H and O–H groups in total. The predicted octanol–water partition coefficient (Wildman–Crippen LogP) is 1.96. The number of nitrogens with two attached hydrogens (primary N) is 1. The standard InChI is InChI=1S/C16H22N4O/c1-11(10-20-6-2-3-7-20)19-16(21)14-9-18-15-8-12(17)4-5-13(14)15/h4-5,8-9,11,18H,2-3,6-7,10,17H2,1H3,(H,19,21). The number of H-pyrrole nitrogens is 1. The minimum absolute atomic E-state index is 0.0299. The van der Waals surface area contributed by atoms with Crippen molar-refractivity contribution in [3.8, 4) is 0 Å². The van der Waals surface area contributed by atoms with Crippen LogP contribution < -0.4 is 11.1 Å². The van der Waals surface area contributed by atoms with Gasteiger partial charge in [0.2, 0.25) is 0 Å². The van der Waals surface area contributed by atoms with Gasteiger partial charge in [-0.3, -0.25) is 4.79 Å². The number of aromatic amines is 1. The molecule has 1 amide bonds. The Morgan fingerprint density at radius 1 is 1.43 bits per heavy atom. The SMILES string of the molecule is CC(CN1CCCC1)NC(=O)c1c[nH]c2cc(N)ccc12. The topological polar surface area (TPSA) is 74.2 Å². The van der Waals surface area contributed by atoms with Gasteiger partial charge in [-0.25, -0.2) is 0 Å². The summed E-state index contributed by atoms with van der Waals surface area (Å²) in [7, 11) is 0. The smallest absolute Gasteiger partial charge is 0.253 e. The van der Waals surface area contributed by atoms with Crippen LogP contribution in [-0.2, 0) is 0 Å². The van der Waals surface area contributed by atoms with E-state index in [1.807, 2.05) is 18.2 Å². The zero-order chi connectivity index (χ0) is 14.8. The highest BCUT2D eigenvalue weighted by Gasteiger charge is 2.18. The third-order valence-electron chi connectivity index (χ3n) is 4.06. The largest absolute Gasteiger partial charge is 0.399 e. The van der Waals surface area contributed by atoms with E-state index >= 15 is 0 Å². The molecule has 0 radical (unpaired) electrons. The lowest BCUT2D eigenvalue weighted by atomic mass is 10.1. The van der Waals surface area contributed by atoms with Crippen molar-refractivity contribution in [3.05, 3.63) is 30.0 Å². The molecule has 1 aliphatic rings. The molecule has 0 bridgehead atoms. The molecular weight excluding hydrogens is 264 g/mol. The minimum atomic E-state index is -0.0299. The third-order valence-corrected chi connectivity index (χ3v) is 4.06. The summed E-state index contributed by atoms with van der Waals surface area (Å²) in [4.78, 5) is 17.9. The maximum Gasteiger partial charge on any atom is 0.253 e. The quantitative estimate of drug-likeness (QED) is 0.752. The molecule has 1 saturated heterocycles. The fourth-order valence-electron chi connectivity index (χ4n) is 3.03. The molecule has 112 valence electrons. The number of nitrogens with one attached hydrogen (secondary N) is 2. The van der Waals surface area contributed by atoms with Crippen molar-refractivity contribution < 1.29 is 4.79 Å². The molecule has 2 aromatic rings. The van der Waals surface area contributed by atoms with Crippen LogP contribution in [0.1, 0.15) is 30.1 Å². The van der Waals surface area contributed by atoms with Crippen molar-refractivity contribution in [2.45, 2.75) is 25.8 Å². The van der Waals surface area contributed by atoms with Gasteiger partial charge in [-0.05, 0) is 51.1 Å². The number of nitrogens with zero attached hydrogens (tertiary/aromatic N) is 1. The van der Waals surface area contributed by atoms with Gasteiger partial charge < -0.3 is 20.9 Å². The zero-order valence-corrected chi connectivity index (χ0v) is 12.4. The second-order valence-corrected chi connectivity index (χ2v) is 5.89. The number of carbonyl (C=O) groups excluding carboxylic acids is 1. The highest BCUT2D eigenvalue weighted by atomic mass is 16.1. The first kappa shape index (κ1) is 13.9. The zero-order valence-electron chi connectivity index (χ0n) is 12.4. The number of nitrogen functional groups attached to an aromatic ring is 1.